The number of aryl methyl sites for hydroxylation is 2. The molecular formula is C26H31N3O5. The van der Waals surface area contributed by atoms with Gasteiger partial charge in [-0.25, -0.2) is 9.97 Å². The van der Waals surface area contributed by atoms with Crippen LogP contribution in [0.5, 0.6) is 0 Å². The summed E-state index contributed by atoms with van der Waals surface area (Å²) >= 11 is 0. The van der Waals surface area contributed by atoms with Crippen molar-refractivity contribution < 1.29 is 24.8 Å². The molecule has 0 bridgehead atoms. The zero-order valence-corrected chi connectivity index (χ0v) is 19.7. The van der Waals surface area contributed by atoms with Gasteiger partial charge in [0.1, 0.15) is 5.82 Å². The Balaban J connectivity index is 1.99. The molecule has 0 fully saturated rings. The summed E-state index contributed by atoms with van der Waals surface area (Å²) in [6, 6.07) is 21.7. The number of hydrogen-bond acceptors (Lipinski definition) is 8. The lowest BCUT2D eigenvalue weighted by atomic mass is 9.66. The number of carbonyl (C=O) groups is 1. The molecule has 1 atom stereocenters. The molecule has 1 aromatic heterocycles. The lowest BCUT2D eigenvalue weighted by molar-refractivity contribution is -0.492. The van der Waals surface area contributed by atoms with Gasteiger partial charge in [0, 0.05) is 29.6 Å². The summed E-state index contributed by atoms with van der Waals surface area (Å²) in [4.78, 5) is 27.3. The lowest BCUT2D eigenvalue weighted by Crippen LogP contribution is -2.41. The lowest BCUT2D eigenvalue weighted by Gasteiger charge is -2.37. The van der Waals surface area contributed by atoms with E-state index in [1.165, 1.54) is 0 Å². The van der Waals surface area contributed by atoms with Gasteiger partial charge < -0.3 is 4.74 Å². The number of ether oxygens (including phenoxy) is 1. The van der Waals surface area contributed by atoms with Gasteiger partial charge in [-0.1, -0.05) is 67.6 Å². The smallest absolute Gasteiger partial charge is 0.310 e. The number of carbonyl (C=O) groups excluding carboxylic acids is 1. The van der Waals surface area contributed by atoms with Crippen LogP contribution in [-0.4, -0.2) is 45.0 Å². The third-order valence-corrected chi connectivity index (χ3v) is 5.88. The van der Waals surface area contributed by atoms with E-state index >= 15 is 0 Å². The number of hydrogen-bond donors (Lipinski definition) is 2. The van der Waals surface area contributed by atoms with E-state index in [1.807, 2.05) is 87.5 Å². The van der Waals surface area contributed by atoms with E-state index in [1.54, 1.807) is 0 Å². The SMILES string of the molecule is Cc1cc(C)nc(C[C@H](C(=O)OCCCON(O)O)C(C)(c2ccccc2)c2ccccc2)n1. The van der Waals surface area contributed by atoms with Gasteiger partial charge >= 0.3 is 5.97 Å². The molecule has 3 rings (SSSR count). The van der Waals surface area contributed by atoms with Crippen molar-refractivity contribution in [3.8, 4) is 0 Å². The minimum atomic E-state index is -0.718. The molecule has 0 unspecified atom stereocenters. The Morgan fingerprint density at radius 2 is 1.47 bits per heavy atom. The predicted molar refractivity (Wildman–Crippen MR) is 125 cm³/mol. The van der Waals surface area contributed by atoms with Gasteiger partial charge in [0.05, 0.1) is 24.5 Å². The first-order chi connectivity index (χ1) is 16.3. The van der Waals surface area contributed by atoms with Crippen molar-refractivity contribution in [1.82, 2.24) is 15.4 Å². The second-order valence-corrected chi connectivity index (χ2v) is 8.37. The molecule has 0 saturated carbocycles. The zero-order chi connectivity index (χ0) is 24.6. The Morgan fingerprint density at radius 3 is 1.97 bits per heavy atom. The summed E-state index contributed by atoms with van der Waals surface area (Å²) in [6.07, 6.45) is 0.586. The molecule has 0 saturated heterocycles. The molecule has 0 amide bonds. The first kappa shape index (κ1) is 25.5. The fourth-order valence-electron chi connectivity index (χ4n) is 4.21. The molecule has 2 N–H and O–H groups in total. The minimum Gasteiger partial charge on any atom is -0.465 e. The molecule has 8 nitrogen and oxygen atoms in total. The fraction of sp³-hybridized carbons (Fsp3) is 0.346. The van der Waals surface area contributed by atoms with Crippen LogP contribution in [0.1, 0.15) is 41.7 Å². The quantitative estimate of drug-likeness (QED) is 0.247. The van der Waals surface area contributed by atoms with Gasteiger partial charge in [-0.3, -0.25) is 20.0 Å². The Bertz CT molecular complexity index is 1000. The van der Waals surface area contributed by atoms with Gasteiger partial charge in [0.25, 0.3) is 0 Å². The van der Waals surface area contributed by atoms with E-state index in [2.05, 4.69) is 14.8 Å². The van der Waals surface area contributed by atoms with Crippen molar-refractivity contribution in [3.63, 3.8) is 0 Å². The third-order valence-electron chi connectivity index (χ3n) is 5.88. The highest BCUT2D eigenvalue weighted by Crippen LogP contribution is 2.41. The monoisotopic (exact) mass is 465 g/mol. The Morgan fingerprint density at radius 1 is 0.941 bits per heavy atom. The Kier molecular flexibility index (Phi) is 8.84. The van der Waals surface area contributed by atoms with Gasteiger partial charge in [0.2, 0.25) is 0 Å². The third kappa shape index (κ3) is 6.45. The van der Waals surface area contributed by atoms with E-state index in [0.717, 1.165) is 22.5 Å². The fourth-order valence-corrected chi connectivity index (χ4v) is 4.21. The van der Waals surface area contributed by atoms with E-state index in [4.69, 9.17) is 15.2 Å². The molecule has 0 aliphatic heterocycles. The molecule has 8 heteroatoms. The Labute approximate surface area is 199 Å². The first-order valence-corrected chi connectivity index (χ1v) is 11.2. The largest absolute Gasteiger partial charge is 0.465 e. The van der Waals surface area contributed by atoms with E-state index in [0.29, 0.717) is 18.7 Å². The van der Waals surface area contributed by atoms with Crippen molar-refractivity contribution in [2.75, 3.05) is 13.2 Å². The van der Waals surface area contributed by atoms with Crippen molar-refractivity contribution in [2.45, 2.75) is 39.0 Å². The van der Waals surface area contributed by atoms with E-state index in [9.17, 15) is 4.79 Å². The maximum absolute atomic E-state index is 13.6. The second kappa shape index (κ2) is 11.8. The maximum atomic E-state index is 13.6. The van der Waals surface area contributed by atoms with Gasteiger partial charge in [-0.15, -0.1) is 0 Å². The summed E-state index contributed by atoms with van der Waals surface area (Å²) in [7, 11) is 0. The molecule has 2 aromatic carbocycles. The molecule has 34 heavy (non-hydrogen) atoms. The molecule has 180 valence electrons. The van der Waals surface area contributed by atoms with Crippen molar-refractivity contribution in [3.05, 3.63) is 95.1 Å². The van der Waals surface area contributed by atoms with Crippen molar-refractivity contribution >= 4 is 5.97 Å². The van der Waals surface area contributed by atoms with Crippen molar-refractivity contribution in [1.29, 1.82) is 0 Å². The van der Waals surface area contributed by atoms with Crippen LogP contribution in [0.3, 0.4) is 0 Å². The van der Waals surface area contributed by atoms with Gasteiger partial charge in [0.15, 0.2) is 0 Å². The average molecular weight is 466 g/mol. The number of nitrogens with zero attached hydrogens (tertiary/aromatic N) is 3. The van der Waals surface area contributed by atoms with Crippen LogP contribution in [-0.2, 0) is 26.2 Å². The minimum absolute atomic E-state index is 0.0141. The molecule has 0 spiro atoms. The van der Waals surface area contributed by atoms with Crippen LogP contribution < -0.4 is 0 Å². The number of rotatable bonds is 11. The molecule has 0 aliphatic rings. The van der Waals surface area contributed by atoms with Crippen LogP contribution in [0.2, 0.25) is 0 Å². The standard InChI is InChI=1S/C26H31N3O5/c1-19-17-20(2)28-24(27-19)18-23(25(30)33-15-10-16-34-29(31)32)26(3,21-11-6-4-7-12-21)22-13-8-5-9-14-22/h4-9,11-14,17,23,31-32H,10,15-16,18H2,1-3H3/t23-/m1/s1. The Hall–Kier alpha value is -3.17. The van der Waals surface area contributed by atoms with Crippen molar-refractivity contribution in [2.24, 2.45) is 5.92 Å². The summed E-state index contributed by atoms with van der Waals surface area (Å²) in [5.41, 5.74) is 2.92. The molecular weight excluding hydrogens is 434 g/mol. The highest BCUT2D eigenvalue weighted by Gasteiger charge is 2.43. The second-order valence-electron chi connectivity index (χ2n) is 8.37. The van der Waals surface area contributed by atoms with Gasteiger partial charge in [-0.2, -0.15) is 0 Å². The molecule has 1 heterocycles. The maximum Gasteiger partial charge on any atom is 0.310 e. The summed E-state index contributed by atoms with van der Waals surface area (Å²) in [5.74, 6) is -0.425. The number of esters is 1. The van der Waals surface area contributed by atoms with Crippen LogP contribution in [0.15, 0.2) is 66.7 Å². The number of aromatic nitrogens is 2. The summed E-state index contributed by atoms with van der Waals surface area (Å²) in [5, 5.41) is 17.0. The van der Waals surface area contributed by atoms with Crippen LogP contribution in [0.4, 0.5) is 0 Å². The number of benzene rings is 2. The van der Waals surface area contributed by atoms with E-state index < -0.39 is 11.3 Å². The van der Waals surface area contributed by atoms with E-state index in [-0.39, 0.29) is 24.6 Å². The first-order valence-electron chi connectivity index (χ1n) is 11.2. The average Bonchev–Trinajstić information content (AvgIpc) is 2.82. The highest BCUT2D eigenvalue weighted by molar-refractivity contribution is 5.76. The van der Waals surface area contributed by atoms with Crippen LogP contribution >= 0.6 is 0 Å². The molecule has 3 aromatic rings. The topological polar surface area (TPSA) is 105 Å². The predicted octanol–water partition coefficient (Wildman–Crippen LogP) is 4.20. The highest BCUT2D eigenvalue weighted by atomic mass is 17.1. The summed E-state index contributed by atoms with van der Waals surface area (Å²) < 4.78 is 5.65. The normalized spacial score (nSPS) is 12.5. The summed E-state index contributed by atoms with van der Waals surface area (Å²) in [6.45, 7) is 5.91. The molecule has 0 radical (unpaired) electrons. The van der Waals surface area contributed by atoms with Crippen LogP contribution in [0, 0.1) is 19.8 Å². The van der Waals surface area contributed by atoms with Crippen LogP contribution in [0.25, 0.3) is 0 Å². The van der Waals surface area contributed by atoms with Gasteiger partial charge in [-0.05, 0) is 31.0 Å². The zero-order valence-electron chi connectivity index (χ0n) is 19.7. The molecule has 0 aliphatic carbocycles.